The third-order valence-electron chi connectivity index (χ3n) is 6.88. The molecule has 37 heavy (non-hydrogen) atoms. The average molecular weight is 538 g/mol. The predicted molar refractivity (Wildman–Crippen MR) is 150 cm³/mol. The number of carbonyl (C=O) groups excluding carboxylic acids is 1. The van der Waals surface area contributed by atoms with Crippen molar-refractivity contribution in [3.8, 4) is 11.3 Å². The summed E-state index contributed by atoms with van der Waals surface area (Å²) in [5.41, 5.74) is 3.33. The van der Waals surface area contributed by atoms with E-state index in [4.69, 9.17) is 32.7 Å². The molecule has 0 radical (unpaired) electrons. The Bertz CT molecular complexity index is 1420. The number of hydrogen-bond donors (Lipinski definition) is 2. The second-order valence-electron chi connectivity index (χ2n) is 9.66. The molecule has 1 aliphatic rings. The van der Waals surface area contributed by atoms with Crippen LogP contribution in [0, 0.1) is 6.92 Å². The zero-order valence-electron chi connectivity index (χ0n) is 21.0. The van der Waals surface area contributed by atoms with Gasteiger partial charge in [0.1, 0.15) is 22.8 Å². The molecule has 5 rings (SSSR count). The Balaban J connectivity index is 1.25. The van der Waals surface area contributed by atoms with Crippen molar-refractivity contribution in [2.24, 2.45) is 0 Å². The number of halogens is 2. The van der Waals surface area contributed by atoms with Crippen molar-refractivity contribution in [1.29, 1.82) is 0 Å². The van der Waals surface area contributed by atoms with E-state index in [1.165, 1.54) is 0 Å². The Hall–Kier alpha value is -3.29. The van der Waals surface area contributed by atoms with Gasteiger partial charge in [-0.05, 0) is 50.8 Å². The van der Waals surface area contributed by atoms with Gasteiger partial charge in [-0.15, -0.1) is 0 Å². The first-order chi connectivity index (χ1) is 17.8. The highest BCUT2D eigenvalue weighted by atomic mass is 35.5. The summed E-state index contributed by atoms with van der Waals surface area (Å²) in [7, 11) is 4.09. The molecule has 1 saturated carbocycles. The first-order valence-electron chi connectivity index (χ1n) is 12.4. The van der Waals surface area contributed by atoms with Crippen molar-refractivity contribution in [3.05, 3.63) is 69.9 Å². The minimum Gasteiger partial charge on any atom is -0.377 e. The smallest absolute Gasteiger partial charge is 0.257 e. The number of para-hydroxylation sites is 1. The van der Waals surface area contributed by atoms with E-state index in [1.54, 1.807) is 25.1 Å². The molecule has 0 bridgehead atoms. The Kier molecular flexibility index (Phi) is 7.26. The Morgan fingerprint density at radius 1 is 1.00 bits per heavy atom. The maximum absolute atomic E-state index is 13.3. The van der Waals surface area contributed by atoms with Gasteiger partial charge in [0.05, 0.1) is 15.6 Å². The van der Waals surface area contributed by atoms with Gasteiger partial charge in [0, 0.05) is 48.9 Å². The molecule has 0 spiro atoms. The second-order valence-corrected chi connectivity index (χ2v) is 10.5. The molecule has 192 valence electrons. The third kappa shape index (κ3) is 5.24. The van der Waals surface area contributed by atoms with Crippen LogP contribution in [0.25, 0.3) is 22.2 Å². The van der Waals surface area contributed by atoms with Crippen LogP contribution in [0.4, 0.5) is 11.5 Å². The van der Waals surface area contributed by atoms with Gasteiger partial charge < -0.3 is 20.1 Å². The van der Waals surface area contributed by atoms with Crippen molar-refractivity contribution in [2.75, 3.05) is 24.3 Å². The normalized spacial score (nSPS) is 17.5. The fourth-order valence-electron chi connectivity index (χ4n) is 4.98. The average Bonchev–Trinajstić information content (AvgIpc) is 3.25. The largest absolute Gasteiger partial charge is 0.377 e. The van der Waals surface area contributed by atoms with Crippen LogP contribution in [-0.2, 0) is 0 Å². The molecule has 2 N–H and O–H groups in total. The van der Waals surface area contributed by atoms with Gasteiger partial charge in [0.15, 0.2) is 0 Å². The van der Waals surface area contributed by atoms with Crippen molar-refractivity contribution in [2.45, 2.75) is 44.7 Å². The minimum atomic E-state index is -0.229. The minimum absolute atomic E-state index is 0.0521. The van der Waals surface area contributed by atoms with E-state index < -0.39 is 0 Å². The lowest BCUT2D eigenvalue weighted by Gasteiger charge is -2.30. The molecule has 2 aromatic carbocycles. The number of nitrogens with zero attached hydrogens (tertiary/aromatic N) is 3. The molecule has 1 amide bonds. The molecule has 0 saturated heterocycles. The molecule has 2 aromatic heterocycles. The summed E-state index contributed by atoms with van der Waals surface area (Å²) in [4.78, 5) is 20.2. The first kappa shape index (κ1) is 25.4. The number of fused-ring (bicyclic) bond motifs is 1. The quantitative estimate of drug-likeness (QED) is 0.284. The molecule has 0 unspecified atom stereocenters. The predicted octanol–water partition coefficient (Wildman–Crippen LogP) is 6.72. The van der Waals surface area contributed by atoms with Crippen LogP contribution >= 0.6 is 23.2 Å². The fraction of sp³-hybridized carbons (Fsp3) is 0.321. The number of aryl methyl sites for hydroxylation is 1. The van der Waals surface area contributed by atoms with E-state index in [1.807, 2.05) is 32.3 Å². The molecule has 0 aliphatic heterocycles. The van der Waals surface area contributed by atoms with Crippen LogP contribution in [0.5, 0.6) is 0 Å². The zero-order valence-corrected chi connectivity index (χ0v) is 22.5. The van der Waals surface area contributed by atoms with Crippen LogP contribution in [-0.4, -0.2) is 42.2 Å². The highest BCUT2D eigenvalue weighted by molar-refractivity contribution is 6.39. The van der Waals surface area contributed by atoms with Crippen LogP contribution in [0.3, 0.4) is 0 Å². The van der Waals surface area contributed by atoms with Crippen molar-refractivity contribution in [3.63, 3.8) is 0 Å². The van der Waals surface area contributed by atoms with Crippen LogP contribution < -0.4 is 15.5 Å². The van der Waals surface area contributed by atoms with E-state index in [9.17, 15) is 4.79 Å². The van der Waals surface area contributed by atoms with Gasteiger partial charge in [-0.25, -0.2) is 4.98 Å². The monoisotopic (exact) mass is 537 g/mol. The topological polar surface area (TPSA) is 83.3 Å². The van der Waals surface area contributed by atoms with E-state index in [0.717, 1.165) is 48.1 Å². The Labute approximate surface area is 226 Å². The molecule has 9 heteroatoms. The van der Waals surface area contributed by atoms with Crippen molar-refractivity contribution in [1.82, 2.24) is 15.5 Å². The van der Waals surface area contributed by atoms with E-state index in [-0.39, 0.29) is 18.0 Å². The van der Waals surface area contributed by atoms with Gasteiger partial charge in [0.2, 0.25) is 0 Å². The lowest BCUT2D eigenvalue weighted by Crippen LogP contribution is -2.40. The lowest BCUT2D eigenvalue weighted by molar-refractivity contribution is 0.0925. The highest BCUT2D eigenvalue weighted by Gasteiger charge is 2.28. The molecule has 7 nitrogen and oxygen atoms in total. The van der Waals surface area contributed by atoms with Gasteiger partial charge in [0.25, 0.3) is 5.91 Å². The summed E-state index contributed by atoms with van der Waals surface area (Å²) >= 11 is 12.7. The van der Waals surface area contributed by atoms with E-state index in [0.29, 0.717) is 32.6 Å². The number of nitrogens with one attached hydrogen (secondary N) is 2. The van der Waals surface area contributed by atoms with Gasteiger partial charge in [-0.3, -0.25) is 4.79 Å². The van der Waals surface area contributed by atoms with Crippen molar-refractivity contribution < 1.29 is 9.32 Å². The number of carbonyl (C=O) groups is 1. The summed E-state index contributed by atoms with van der Waals surface area (Å²) < 4.78 is 5.36. The molecule has 1 aliphatic carbocycles. The third-order valence-corrected chi connectivity index (χ3v) is 7.51. The standard InChI is InChI=1S/C28H29Cl2N5O2/c1-16-25(27(34-37-16)26-20(29)8-6-9-21(26)30)28(36)32-18-13-11-17(12-14-18)31-24-15-23(35(2)3)19-7-4-5-10-22(19)33-24/h4-10,15,17-18H,11-14H2,1-3H3,(H,31,33)(H,32,36). The van der Waals surface area contributed by atoms with Gasteiger partial charge >= 0.3 is 0 Å². The van der Waals surface area contributed by atoms with Gasteiger partial charge in [-0.2, -0.15) is 0 Å². The number of amides is 1. The maximum atomic E-state index is 13.3. The Morgan fingerprint density at radius 2 is 1.68 bits per heavy atom. The van der Waals surface area contributed by atoms with Crippen LogP contribution in [0.2, 0.25) is 10.0 Å². The summed E-state index contributed by atoms with van der Waals surface area (Å²) in [6.07, 6.45) is 3.54. The molecule has 4 aromatic rings. The van der Waals surface area contributed by atoms with Gasteiger partial charge in [-0.1, -0.05) is 52.6 Å². The SMILES string of the molecule is Cc1onc(-c2c(Cl)cccc2Cl)c1C(=O)NC1CCC(Nc2cc(N(C)C)c3ccccc3n2)CC1. The number of hydrogen-bond acceptors (Lipinski definition) is 6. The van der Waals surface area contributed by atoms with Crippen LogP contribution in [0.15, 0.2) is 53.1 Å². The summed E-state index contributed by atoms with van der Waals surface area (Å²) in [6.45, 7) is 1.72. The molecule has 1 fully saturated rings. The molecule has 2 heterocycles. The number of rotatable bonds is 6. The van der Waals surface area contributed by atoms with E-state index in [2.05, 4.69) is 32.8 Å². The summed E-state index contributed by atoms with van der Waals surface area (Å²) in [5.74, 6) is 1.07. The number of aromatic nitrogens is 2. The highest BCUT2D eigenvalue weighted by Crippen LogP contribution is 2.37. The second kappa shape index (κ2) is 10.6. The zero-order chi connectivity index (χ0) is 26.1. The number of pyridine rings is 1. The first-order valence-corrected chi connectivity index (χ1v) is 13.1. The van der Waals surface area contributed by atoms with E-state index >= 15 is 0 Å². The molecular weight excluding hydrogens is 509 g/mol. The van der Waals surface area contributed by atoms with Crippen LogP contribution in [0.1, 0.15) is 41.8 Å². The Morgan fingerprint density at radius 3 is 2.38 bits per heavy atom. The van der Waals surface area contributed by atoms with Crippen molar-refractivity contribution >= 4 is 51.5 Å². The number of anilines is 2. The number of benzene rings is 2. The maximum Gasteiger partial charge on any atom is 0.257 e. The lowest BCUT2D eigenvalue weighted by atomic mass is 9.90. The summed E-state index contributed by atoms with van der Waals surface area (Å²) in [6, 6.07) is 15.8. The molecular formula is C28H29Cl2N5O2. The molecule has 0 atom stereocenters. The summed E-state index contributed by atoms with van der Waals surface area (Å²) in [5, 5.41) is 12.8. The fourth-order valence-corrected chi connectivity index (χ4v) is 5.56.